The molecule has 3 nitrogen and oxygen atoms in total. The average molecular weight is 434 g/mol. The molecule has 2 rings (SSSR count). The van der Waals surface area contributed by atoms with Gasteiger partial charge in [0.2, 0.25) is 0 Å². The molecular weight excluding hydrogens is 421 g/mol. The third-order valence-corrected chi connectivity index (χ3v) is 4.47. The Morgan fingerprint density at radius 2 is 2.00 bits per heavy atom. The Hall–Kier alpha value is -0.880. The molecule has 0 unspecified atom stereocenters. The number of methoxy groups -OCH3 is 1. The van der Waals surface area contributed by atoms with Crippen LogP contribution in [-0.4, -0.2) is 13.0 Å². The van der Waals surface area contributed by atoms with Crippen molar-refractivity contribution in [2.45, 2.75) is 6.61 Å². The number of amides is 1. The van der Waals surface area contributed by atoms with Crippen molar-refractivity contribution in [2.24, 2.45) is 0 Å². The largest absolute Gasteiger partial charge is 0.380 e. The Balaban J connectivity index is 2.29. The van der Waals surface area contributed by atoms with E-state index in [1.807, 2.05) is 18.2 Å². The Morgan fingerprint density at radius 3 is 2.67 bits per heavy atom. The number of rotatable bonds is 4. The highest BCUT2D eigenvalue weighted by molar-refractivity contribution is 9.10. The van der Waals surface area contributed by atoms with Gasteiger partial charge in [0.05, 0.1) is 12.2 Å². The highest BCUT2D eigenvalue weighted by Crippen LogP contribution is 2.27. The van der Waals surface area contributed by atoms with Crippen molar-refractivity contribution in [2.75, 3.05) is 12.4 Å². The second-order valence-corrected chi connectivity index (χ2v) is 6.42. The number of halogens is 3. The van der Waals surface area contributed by atoms with Crippen LogP contribution in [-0.2, 0) is 11.3 Å². The fourth-order valence-electron chi connectivity index (χ4n) is 1.83. The van der Waals surface area contributed by atoms with Crippen LogP contribution in [0.15, 0.2) is 45.3 Å². The van der Waals surface area contributed by atoms with Gasteiger partial charge in [0, 0.05) is 32.3 Å². The van der Waals surface area contributed by atoms with E-state index in [2.05, 4.69) is 37.2 Å². The molecule has 6 heteroatoms. The standard InChI is InChI=1S/C15H12Br2ClNO2/c1-21-8-11-12(16)3-2-4-14(11)19-15(20)10-6-5-9(18)7-13(10)17/h2-7H,8H2,1H3,(H,19,20). The topological polar surface area (TPSA) is 38.3 Å². The first-order valence-electron chi connectivity index (χ1n) is 6.05. The van der Waals surface area contributed by atoms with Crippen LogP contribution in [0.4, 0.5) is 5.69 Å². The Labute approximate surface area is 144 Å². The van der Waals surface area contributed by atoms with Crippen LogP contribution in [0.1, 0.15) is 15.9 Å². The molecule has 0 bridgehead atoms. The van der Waals surface area contributed by atoms with Gasteiger partial charge in [-0.15, -0.1) is 0 Å². The third kappa shape index (κ3) is 4.07. The number of carbonyl (C=O) groups is 1. The summed E-state index contributed by atoms with van der Waals surface area (Å²) < 4.78 is 6.70. The van der Waals surface area contributed by atoms with E-state index in [0.717, 1.165) is 10.0 Å². The summed E-state index contributed by atoms with van der Waals surface area (Å²) >= 11 is 12.7. The Kier molecular flexibility index (Phi) is 5.81. The number of carbonyl (C=O) groups excluding carboxylic acids is 1. The minimum Gasteiger partial charge on any atom is -0.380 e. The predicted octanol–water partition coefficient (Wildman–Crippen LogP) is 5.26. The first kappa shape index (κ1) is 16.5. The van der Waals surface area contributed by atoms with Crippen LogP contribution < -0.4 is 5.32 Å². The Morgan fingerprint density at radius 1 is 1.24 bits per heavy atom. The number of anilines is 1. The van der Waals surface area contributed by atoms with E-state index in [9.17, 15) is 4.79 Å². The van der Waals surface area contributed by atoms with E-state index in [1.54, 1.807) is 25.3 Å². The van der Waals surface area contributed by atoms with Crippen LogP contribution in [0, 0.1) is 0 Å². The highest BCUT2D eigenvalue weighted by atomic mass is 79.9. The second kappa shape index (κ2) is 7.40. The van der Waals surface area contributed by atoms with E-state index >= 15 is 0 Å². The summed E-state index contributed by atoms with van der Waals surface area (Å²) in [4.78, 5) is 12.4. The predicted molar refractivity (Wildman–Crippen MR) is 92.0 cm³/mol. The molecule has 0 fully saturated rings. The number of ether oxygens (including phenoxy) is 1. The molecule has 0 saturated carbocycles. The molecule has 0 radical (unpaired) electrons. The average Bonchev–Trinajstić information content (AvgIpc) is 2.42. The zero-order chi connectivity index (χ0) is 15.4. The van der Waals surface area contributed by atoms with Crippen LogP contribution in [0.25, 0.3) is 0 Å². The number of hydrogen-bond donors (Lipinski definition) is 1. The van der Waals surface area contributed by atoms with E-state index in [0.29, 0.717) is 27.4 Å². The quantitative estimate of drug-likeness (QED) is 0.714. The van der Waals surface area contributed by atoms with Crippen molar-refractivity contribution < 1.29 is 9.53 Å². The number of nitrogens with one attached hydrogen (secondary N) is 1. The summed E-state index contributed by atoms with van der Waals surface area (Å²) in [7, 11) is 1.61. The van der Waals surface area contributed by atoms with Crippen molar-refractivity contribution in [3.63, 3.8) is 0 Å². The van der Waals surface area contributed by atoms with Gasteiger partial charge < -0.3 is 10.1 Å². The lowest BCUT2D eigenvalue weighted by Gasteiger charge is -2.13. The van der Waals surface area contributed by atoms with Crippen LogP contribution in [0.5, 0.6) is 0 Å². The molecule has 0 aliphatic rings. The van der Waals surface area contributed by atoms with Gasteiger partial charge in [0.1, 0.15) is 0 Å². The molecule has 0 aliphatic heterocycles. The molecule has 21 heavy (non-hydrogen) atoms. The lowest BCUT2D eigenvalue weighted by molar-refractivity contribution is 0.102. The molecular formula is C15H12Br2ClNO2. The number of benzene rings is 2. The molecule has 0 saturated heterocycles. The lowest BCUT2D eigenvalue weighted by atomic mass is 10.1. The van der Waals surface area contributed by atoms with Gasteiger partial charge in [0.15, 0.2) is 0 Å². The van der Waals surface area contributed by atoms with Gasteiger partial charge in [-0.05, 0) is 46.3 Å². The summed E-state index contributed by atoms with van der Waals surface area (Å²) in [5, 5.41) is 3.46. The molecule has 110 valence electrons. The molecule has 1 N–H and O–H groups in total. The van der Waals surface area contributed by atoms with Crippen molar-refractivity contribution >= 4 is 55.1 Å². The molecule has 0 heterocycles. The monoisotopic (exact) mass is 431 g/mol. The summed E-state index contributed by atoms with van der Waals surface area (Å²) in [6, 6.07) is 10.6. The summed E-state index contributed by atoms with van der Waals surface area (Å²) in [6.45, 7) is 0.402. The van der Waals surface area contributed by atoms with Gasteiger partial charge in [0.25, 0.3) is 5.91 Å². The van der Waals surface area contributed by atoms with Crippen molar-refractivity contribution in [1.29, 1.82) is 0 Å². The fourth-order valence-corrected chi connectivity index (χ4v) is 3.17. The van der Waals surface area contributed by atoms with Crippen molar-refractivity contribution in [1.82, 2.24) is 0 Å². The van der Waals surface area contributed by atoms with E-state index < -0.39 is 0 Å². The molecule has 1 amide bonds. The van der Waals surface area contributed by atoms with E-state index in [4.69, 9.17) is 16.3 Å². The zero-order valence-electron chi connectivity index (χ0n) is 11.1. The van der Waals surface area contributed by atoms with Gasteiger partial charge in [-0.1, -0.05) is 33.6 Å². The molecule has 0 aromatic heterocycles. The SMILES string of the molecule is COCc1c(Br)cccc1NC(=O)c1ccc(Cl)cc1Br. The molecule has 2 aromatic rings. The van der Waals surface area contributed by atoms with Crippen molar-refractivity contribution in [3.05, 3.63) is 61.5 Å². The first-order valence-corrected chi connectivity index (χ1v) is 8.02. The summed E-state index contributed by atoms with van der Waals surface area (Å²) in [5.74, 6) is -0.214. The van der Waals surface area contributed by atoms with Gasteiger partial charge >= 0.3 is 0 Å². The van der Waals surface area contributed by atoms with E-state index in [-0.39, 0.29) is 5.91 Å². The zero-order valence-corrected chi connectivity index (χ0v) is 15.0. The summed E-state index contributed by atoms with van der Waals surface area (Å²) in [6.07, 6.45) is 0. The maximum atomic E-state index is 12.4. The maximum absolute atomic E-state index is 12.4. The minimum absolute atomic E-state index is 0.214. The molecule has 2 aromatic carbocycles. The Bertz CT molecular complexity index is 677. The van der Waals surface area contributed by atoms with Gasteiger partial charge in [-0.2, -0.15) is 0 Å². The van der Waals surface area contributed by atoms with Crippen molar-refractivity contribution in [3.8, 4) is 0 Å². The van der Waals surface area contributed by atoms with Crippen LogP contribution in [0.3, 0.4) is 0 Å². The molecule has 0 spiro atoms. The fraction of sp³-hybridized carbons (Fsp3) is 0.133. The highest BCUT2D eigenvalue weighted by Gasteiger charge is 2.14. The van der Waals surface area contributed by atoms with Crippen LogP contribution >= 0.6 is 43.5 Å². The molecule has 0 aliphatic carbocycles. The smallest absolute Gasteiger partial charge is 0.256 e. The maximum Gasteiger partial charge on any atom is 0.256 e. The normalized spacial score (nSPS) is 10.5. The third-order valence-electron chi connectivity index (χ3n) is 2.83. The van der Waals surface area contributed by atoms with Crippen LogP contribution in [0.2, 0.25) is 5.02 Å². The van der Waals surface area contributed by atoms with Gasteiger partial charge in [-0.25, -0.2) is 0 Å². The second-order valence-electron chi connectivity index (χ2n) is 4.28. The molecule has 0 atom stereocenters. The van der Waals surface area contributed by atoms with Gasteiger partial charge in [-0.3, -0.25) is 4.79 Å². The van der Waals surface area contributed by atoms with E-state index in [1.165, 1.54) is 0 Å². The lowest BCUT2D eigenvalue weighted by Crippen LogP contribution is -2.14. The number of hydrogen-bond acceptors (Lipinski definition) is 2. The first-order chi connectivity index (χ1) is 10.0. The summed E-state index contributed by atoms with van der Waals surface area (Å²) in [5.41, 5.74) is 2.11. The minimum atomic E-state index is -0.214.